The molecule has 3 rings (SSSR count). The minimum atomic E-state index is -0.0897. The zero-order valence-corrected chi connectivity index (χ0v) is 14.1. The van der Waals surface area contributed by atoms with Crippen molar-refractivity contribution in [2.75, 3.05) is 39.5 Å². The molecule has 0 aliphatic carbocycles. The van der Waals surface area contributed by atoms with Crippen molar-refractivity contribution in [2.24, 2.45) is 11.3 Å². The van der Waals surface area contributed by atoms with Crippen LogP contribution in [0.15, 0.2) is 24.3 Å². The summed E-state index contributed by atoms with van der Waals surface area (Å²) in [6.45, 7) is 8.12. The van der Waals surface area contributed by atoms with E-state index in [1.54, 1.807) is 12.1 Å². The van der Waals surface area contributed by atoms with Gasteiger partial charge in [0.2, 0.25) is 0 Å². The molecule has 1 atom stereocenters. The topological polar surface area (TPSA) is 21.7 Å². The largest absolute Gasteiger partial charge is 0.381 e. The van der Waals surface area contributed by atoms with Crippen LogP contribution in [-0.4, -0.2) is 44.4 Å². The van der Waals surface area contributed by atoms with Gasteiger partial charge in [0.1, 0.15) is 5.82 Å². The average Bonchev–Trinajstić information content (AvgIpc) is 2.58. The molecule has 4 heteroatoms. The summed E-state index contributed by atoms with van der Waals surface area (Å²) in [6, 6.07) is 7.12. The SMILES string of the molecule is CCOC[C@H]1COCCC12CCN(Cc1ccccc1F)CC2. The van der Waals surface area contributed by atoms with E-state index in [1.807, 2.05) is 19.1 Å². The van der Waals surface area contributed by atoms with Gasteiger partial charge in [-0.3, -0.25) is 4.90 Å². The van der Waals surface area contributed by atoms with Gasteiger partial charge < -0.3 is 9.47 Å². The van der Waals surface area contributed by atoms with Crippen LogP contribution < -0.4 is 0 Å². The minimum absolute atomic E-state index is 0.0897. The molecule has 0 aromatic heterocycles. The molecule has 3 nitrogen and oxygen atoms in total. The Morgan fingerprint density at radius 1 is 1.26 bits per heavy atom. The Morgan fingerprint density at radius 2 is 2.04 bits per heavy atom. The summed E-state index contributed by atoms with van der Waals surface area (Å²) < 4.78 is 25.2. The summed E-state index contributed by atoms with van der Waals surface area (Å²) in [5.74, 6) is 0.417. The maximum Gasteiger partial charge on any atom is 0.127 e. The number of hydrogen-bond donors (Lipinski definition) is 0. The van der Waals surface area contributed by atoms with Crippen LogP contribution in [0.2, 0.25) is 0 Å². The minimum Gasteiger partial charge on any atom is -0.381 e. The van der Waals surface area contributed by atoms with E-state index < -0.39 is 0 Å². The third-order valence-electron chi connectivity index (χ3n) is 5.66. The van der Waals surface area contributed by atoms with E-state index in [9.17, 15) is 4.39 Å². The molecule has 1 aromatic carbocycles. The first kappa shape index (κ1) is 16.9. The first-order valence-corrected chi connectivity index (χ1v) is 8.85. The van der Waals surface area contributed by atoms with Crippen molar-refractivity contribution < 1.29 is 13.9 Å². The summed E-state index contributed by atoms with van der Waals surface area (Å²) in [5.41, 5.74) is 1.17. The molecule has 23 heavy (non-hydrogen) atoms. The average molecular weight is 321 g/mol. The van der Waals surface area contributed by atoms with Crippen LogP contribution in [0.5, 0.6) is 0 Å². The van der Waals surface area contributed by atoms with Gasteiger partial charge in [0, 0.05) is 31.2 Å². The fourth-order valence-corrected chi connectivity index (χ4v) is 4.05. The summed E-state index contributed by atoms with van der Waals surface area (Å²) in [6.07, 6.45) is 3.48. The predicted molar refractivity (Wildman–Crippen MR) is 88.8 cm³/mol. The van der Waals surface area contributed by atoms with Gasteiger partial charge >= 0.3 is 0 Å². The molecular formula is C19H28FNO2. The van der Waals surface area contributed by atoms with Crippen LogP contribution in [0.3, 0.4) is 0 Å². The number of ether oxygens (including phenoxy) is 2. The monoisotopic (exact) mass is 321 g/mol. The van der Waals surface area contributed by atoms with E-state index in [1.165, 1.54) is 12.8 Å². The molecule has 0 radical (unpaired) electrons. The van der Waals surface area contributed by atoms with E-state index in [4.69, 9.17) is 9.47 Å². The zero-order chi connectivity index (χ0) is 16.1. The Morgan fingerprint density at radius 3 is 2.78 bits per heavy atom. The summed E-state index contributed by atoms with van der Waals surface area (Å²) in [4.78, 5) is 2.39. The summed E-state index contributed by atoms with van der Waals surface area (Å²) >= 11 is 0. The van der Waals surface area contributed by atoms with E-state index >= 15 is 0 Å². The van der Waals surface area contributed by atoms with Gasteiger partial charge in [0.15, 0.2) is 0 Å². The van der Waals surface area contributed by atoms with Gasteiger partial charge in [-0.1, -0.05) is 18.2 Å². The quantitative estimate of drug-likeness (QED) is 0.829. The van der Waals surface area contributed by atoms with Crippen molar-refractivity contribution in [1.82, 2.24) is 4.90 Å². The van der Waals surface area contributed by atoms with Gasteiger partial charge in [-0.25, -0.2) is 4.39 Å². The van der Waals surface area contributed by atoms with Crippen LogP contribution >= 0.6 is 0 Å². The molecule has 0 bridgehead atoms. The number of nitrogens with zero attached hydrogens (tertiary/aromatic N) is 1. The highest BCUT2D eigenvalue weighted by Crippen LogP contribution is 2.45. The molecule has 0 amide bonds. The Bertz CT molecular complexity index is 500. The van der Waals surface area contributed by atoms with Crippen molar-refractivity contribution in [3.8, 4) is 0 Å². The van der Waals surface area contributed by atoms with E-state index in [-0.39, 0.29) is 5.82 Å². The van der Waals surface area contributed by atoms with Crippen molar-refractivity contribution in [3.63, 3.8) is 0 Å². The highest BCUT2D eigenvalue weighted by atomic mass is 19.1. The van der Waals surface area contributed by atoms with Crippen molar-refractivity contribution >= 4 is 0 Å². The molecule has 2 fully saturated rings. The molecule has 1 aromatic rings. The van der Waals surface area contributed by atoms with Gasteiger partial charge in [0.05, 0.1) is 13.2 Å². The van der Waals surface area contributed by atoms with Gasteiger partial charge in [0.25, 0.3) is 0 Å². The Hall–Kier alpha value is -0.970. The van der Waals surface area contributed by atoms with Crippen LogP contribution in [0.25, 0.3) is 0 Å². The number of rotatable bonds is 5. The van der Waals surface area contributed by atoms with Crippen molar-refractivity contribution in [2.45, 2.75) is 32.7 Å². The van der Waals surface area contributed by atoms with E-state index in [2.05, 4.69) is 4.90 Å². The first-order chi connectivity index (χ1) is 11.2. The maximum atomic E-state index is 13.8. The fraction of sp³-hybridized carbons (Fsp3) is 0.684. The second-order valence-corrected chi connectivity index (χ2v) is 6.91. The molecule has 1 spiro atoms. The smallest absolute Gasteiger partial charge is 0.127 e. The van der Waals surface area contributed by atoms with Gasteiger partial charge in [-0.2, -0.15) is 0 Å². The summed E-state index contributed by atoms with van der Waals surface area (Å²) in [5, 5.41) is 0. The van der Waals surface area contributed by atoms with Crippen molar-refractivity contribution in [1.29, 1.82) is 0 Å². The van der Waals surface area contributed by atoms with Gasteiger partial charge in [-0.15, -0.1) is 0 Å². The number of likely N-dealkylation sites (tertiary alicyclic amines) is 1. The molecule has 128 valence electrons. The predicted octanol–water partition coefficient (Wildman–Crippen LogP) is 3.48. The van der Waals surface area contributed by atoms with Crippen LogP contribution in [-0.2, 0) is 16.0 Å². The third kappa shape index (κ3) is 3.93. The normalized spacial score (nSPS) is 24.9. The van der Waals surface area contributed by atoms with Crippen LogP contribution in [0, 0.1) is 17.2 Å². The third-order valence-corrected chi connectivity index (χ3v) is 5.66. The standard InChI is InChI=1S/C19H28FNO2/c1-2-22-14-17-15-23-12-9-19(17)7-10-21(11-8-19)13-16-5-3-4-6-18(16)20/h3-6,17H,2,7-15H2,1H3/t17-/m0/s1. The molecule has 2 heterocycles. The van der Waals surface area contributed by atoms with Crippen LogP contribution in [0.4, 0.5) is 4.39 Å². The van der Waals surface area contributed by atoms with Gasteiger partial charge in [-0.05, 0) is 50.8 Å². The highest BCUT2D eigenvalue weighted by molar-refractivity contribution is 5.17. The lowest BCUT2D eigenvalue weighted by molar-refractivity contribution is -0.0993. The molecule has 0 N–H and O–H groups in total. The lowest BCUT2D eigenvalue weighted by Crippen LogP contribution is -2.49. The van der Waals surface area contributed by atoms with Crippen molar-refractivity contribution in [3.05, 3.63) is 35.6 Å². The van der Waals surface area contributed by atoms with E-state index in [0.717, 1.165) is 58.0 Å². The Balaban J connectivity index is 1.59. The molecule has 2 saturated heterocycles. The zero-order valence-electron chi connectivity index (χ0n) is 14.1. The molecule has 0 unspecified atom stereocenters. The molecule has 2 aliphatic rings. The molecule has 0 saturated carbocycles. The Kier molecular flexibility index (Phi) is 5.67. The van der Waals surface area contributed by atoms with E-state index in [0.29, 0.717) is 11.3 Å². The number of hydrogen-bond acceptors (Lipinski definition) is 3. The number of benzene rings is 1. The molecular weight excluding hydrogens is 293 g/mol. The Labute approximate surface area is 138 Å². The highest BCUT2D eigenvalue weighted by Gasteiger charge is 2.43. The maximum absolute atomic E-state index is 13.8. The lowest BCUT2D eigenvalue weighted by atomic mass is 9.66. The second kappa shape index (κ2) is 7.73. The first-order valence-electron chi connectivity index (χ1n) is 8.85. The fourth-order valence-electron chi connectivity index (χ4n) is 4.05. The lowest BCUT2D eigenvalue weighted by Gasteiger charge is -2.49. The summed E-state index contributed by atoms with van der Waals surface area (Å²) in [7, 11) is 0. The second-order valence-electron chi connectivity index (χ2n) is 6.91. The number of piperidine rings is 1. The molecule has 2 aliphatic heterocycles. The van der Waals surface area contributed by atoms with Crippen LogP contribution in [0.1, 0.15) is 31.7 Å². The number of halogens is 1.